The highest BCUT2D eigenvalue weighted by molar-refractivity contribution is 7.89. The zero-order valence-corrected chi connectivity index (χ0v) is 15.2. The molecular formula is C18H26N2O4S. The minimum absolute atomic E-state index is 0.00688. The third-order valence-electron chi connectivity index (χ3n) is 5.25. The highest BCUT2D eigenvalue weighted by Gasteiger charge is 2.28. The molecule has 0 aliphatic heterocycles. The Kier molecular flexibility index (Phi) is 5.64. The first-order valence-electron chi connectivity index (χ1n) is 9.12. The van der Waals surface area contributed by atoms with E-state index in [0.717, 1.165) is 51.4 Å². The summed E-state index contributed by atoms with van der Waals surface area (Å²) in [7, 11) is -3.56. The highest BCUT2D eigenvalue weighted by Crippen LogP contribution is 2.29. The van der Waals surface area contributed by atoms with Gasteiger partial charge < -0.3 is 5.11 Å². The molecule has 2 fully saturated rings. The fourth-order valence-corrected chi connectivity index (χ4v) is 5.24. The Morgan fingerprint density at radius 2 is 1.52 bits per heavy atom. The fraction of sp³-hybridized carbons (Fsp3) is 0.611. The second kappa shape index (κ2) is 7.74. The molecule has 7 heteroatoms. The number of sulfonamides is 1. The summed E-state index contributed by atoms with van der Waals surface area (Å²) in [5, 5.41) is 9.53. The van der Waals surface area contributed by atoms with E-state index in [1.807, 2.05) is 0 Å². The normalized spacial score (nSPS) is 19.8. The lowest BCUT2D eigenvalue weighted by Gasteiger charge is -2.26. The second-order valence-electron chi connectivity index (χ2n) is 7.04. The molecule has 0 aromatic heterocycles. The molecule has 3 rings (SSSR count). The number of hydrogen-bond donors (Lipinski definition) is 2. The lowest BCUT2D eigenvalue weighted by atomic mass is 9.96. The summed E-state index contributed by atoms with van der Waals surface area (Å²) >= 11 is 0. The van der Waals surface area contributed by atoms with E-state index in [4.69, 9.17) is 0 Å². The number of rotatable bonds is 5. The smallest absolute Gasteiger partial charge is 0.412 e. The third-order valence-corrected chi connectivity index (χ3v) is 6.78. The Labute approximate surface area is 149 Å². The van der Waals surface area contributed by atoms with E-state index >= 15 is 0 Å². The van der Waals surface area contributed by atoms with E-state index in [1.54, 1.807) is 12.1 Å². The molecule has 0 radical (unpaired) electrons. The van der Waals surface area contributed by atoms with Crippen molar-refractivity contribution in [2.45, 2.75) is 74.8 Å². The van der Waals surface area contributed by atoms with Crippen LogP contribution in [0.2, 0.25) is 0 Å². The molecule has 0 heterocycles. The van der Waals surface area contributed by atoms with Crippen molar-refractivity contribution in [1.82, 2.24) is 4.72 Å². The maximum absolute atomic E-state index is 12.5. The van der Waals surface area contributed by atoms with Crippen molar-refractivity contribution in [1.29, 1.82) is 0 Å². The van der Waals surface area contributed by atoms with Gasteiger partial charge in [-0.05, 0) is 49.9 Å². The topological polar surface area (TPSA) is 86.7 Å². The summed E-state index contributed by atoms with van der Waals surface area (Å²) < 4.78 is 27.8. The molecular weight excluding hydrogens is 340 g/mol. The Bertz CT molecular complexity index is 690. The summed E-state index contributed by atoms with van der Waals surface area (Å²) in [5.41, 5.74) is 0.538. The molecule has 138 valence electrons. The molecule has 1 aromatic rings. The molecule has 0 saturated heterocycles. The molecule has 1 aromatic carbocycles. The fourth-order valence-electron chi connectivity index (χ4n) is 3.93. The third kappa shape index (κ3) is 4.33. The van der Waals surface area contributed by atoms with Gasteiger partial charge in [-0.25, -0.2) is 17.9 Å². The predicted octanol–water partition coefficient (Wildman–Crippen LogP) is 3.72. The van der Waals surface area contributed by atoms with E-state index in [2.05, 4.69) is 4.72 Å². The number of benzene rings is 1. The van der Waals surface area contributed by atoms with E-state index in [0.29, 0.717) is 5.69 Å². The van der Waals surface area contributed by atoms with Gasteiger partial charge in [0.2, 0.25) is 10.0 Å². The Morgan fingerprint density at radius 1 is 0.960 bits per heavy atom. The van der Waals surface area contributed by atoms with E-state index < -0.39 is 16.1 Å². The molecule has 0 bridgehead atoms. The number of nitrogens with one attached hydrogen (secondary N) is 1. The van der Waals surface area contributed by atoms with Crippen molar-refractivity contribution in [3.63, 3.8) is 0 Å². The van der Waals surface area contributed by atoms with Crippen molar-refractivity contribution in [2.24, 2.45) is 0 Å². The van der Waals surface area contributed by atoms with Crippen LogP contribution in [0.4, 0.5) is 10.5 Å². The van der Waals surface area contributed by atoms with Crippen LogP contribution < -0.4 is 9.62 Å². The minimum Gasteiger partial charge on any atom is -0.465 e. The van der Waals surface area contributed by atoms with Crippen molar-refractivity contribution < 1.29 is 18.3 Å². The average Bonchev–Trinajstić information content (AvgIpc) is 3.10. The first-order valence-corrected chi connectivity index (χ1v) is 10.6. The standard InChI is InChI=1S/C18H26N2O4S/c21-18(22)20(15-8-4-5-9-15)16-10-12-17(13-11-16)25(23,24)19-14-6-2-1-3-7-14/h10-15,19H,1-9H2,(H,21,22). The number of carboxylic acid groups (broad SMARTS) is 1. The molecule has 0 unspecified atom stereocenters. The van der Waals surface area contributed by atoms with E-state index in [-0.39, 0.29) is 17.0 Å². The van der Waals surface area contributed by atoms with Crippen LogP contribution in [0.1, 0.15) is 57.8 Å². The van der Waals surface area contributed by atoms with Crippen LogP contribution in [-0.2, 0) is 10.0 Å². The van der Waals surface area contributed by atoms with Crippen molar-refractivity contribution >= 4 is 21.8 Å². The summed E-state index contributed by atoms with van der Waals surface area (Å²) in [6.07, 6.45) is 7.84. The molecule has 2 aliphatic rings. The maximum Gasteiger partial charge on any atom is 0.412 e. The van der Waals surface area contributed by atoms with Crippen molar-refractivity contribution in [2.75, 3.05) is 4.90 Å². The molecule has 2 N–H and O–H groups in total. The van der Waals surface area contributed by atoms with Gasteiger partial charge in [0.25, 0.3) is 0 Å². The van der Waals surface area contributed by atoms with E-state index in [9.17, 15) is 18.3 Å². The molecule has 2 saturated carbocycles. The summed E-state index contributed by atoms with van der Waals surface area (Å²) in [4.78, 5) is 13.2. The van der Waals surface area contributed by atoms with Crippen molar-refractivity contribution in [3.05, 3.63) is 24.3 Å². The van der Waals surface area contributed by atoms with Gasteiger partial charge in [-0.1, -0.05) is 32.1 Å². The van der Waals surface area contributed by atoms with Gasteiger partial charge in [0.1, 0.15) is 0 Å². The largest absolute Gasteiger partial charge is 0.465 e. The Morgan fingerprint density at radius 3 is 2.08 bits per heavy atom. The van der Waals surface area contributed by atoms with Gasteiger partial charge in [-0.3, -0.25) is 4.90 Å². The van der Waals surface area contributed by atoms with Crippen LogP contribution in [0.15, 0.2) is 29.2 Å². The van der Waals surface area contributed by atoms with Crippen LogP contribution in [0.25, 0.3) is 0 Å². The number of anilines is 1. The summed E-state index contributed by atoms with van der Waals surface area (Å²) in [6.45, 7) is 0. The van der Waals surface area contributed by atoms with Crippen LogP contribution >= 0.6 is 0 Å². The first-order chi connectivity index (χ1) is 12.0. The number of hydrogen-bond acceptors (Lipinski definition) is 3. The second-order valence-corrected chi connectivity index (χ2v) is 8.75. The lowest BCUT2D eigenvalue weighted by molar-refractivity contribution is 0.199. The molecule has 0 atom stereocenters. The van der Waals surface area contributed by atoms with Gasteiger partial charge >= 0.3 is 6.09 Å². The molecule has 2 aliphatic carbocycles. The number of nitrogens with zero attached hydrogens (tertiary/aromatic N) is 1. The highest BCUT2D eigenvalue weighted by atomic mass is 32.2. The summed E-state index contributed by atoms with van der Waals surface area (Å²) in [5.74, 6) is 0. The van der Waals surface area contributed by atoms with Crippen LogP contribution in [0.3, 0.4) is 0 Å². The van der Waals surface area contributed by atoms with Gasteiger partial charge in [0.05, 0.1) is 4.90 Å². The minimum atomic E-state index is -3.56. The van der Waals surface area contributed by atoms with Gasteiger partial charge in [0.15, 0.2) is 0 Å². The molecule has 25 heavy (non-hydrogen) atoms. The van der Waals surface area contributed by atoms with Crippen LogP contribution in [0, 0.1) is 0 Å². The molecule has 0 spiro atoms. The quantitative estimate of drug-likeness (QED) is 0.831. The molecule has 6 nitrogen and oxygen atoms in total. The van der Waals surface area contributed by atoms with Gasteiger partial charge in [-0.15, -0.1) is 0 Å². The Balaban J connectivity index is 1.75. The Hall–Kier alpha value is -1.60. The monoisotopic (exact) mass is 366 g/mol. The van der Waals surface area contributed by atoms with Crippen molar-refractivity contribution in [3.8, 4) is 0 Å². The zero-order valence-electron chi connectivity index (χ0n) is 14.4. The van der Waals surface area contributed by atoms with Gasteiger partial charge in [0, 0.05) is 17.8 Å². The zero-order chi connectivity index (χ0) is 17.9. The lowest BCUT2D eigenvalue weighted by Crippen LogP contribution is -2.38. The van der Waals surface area contributed by atoms with Crippen LogP contribution in [0.5, 0.6) is 0 Å². The number of amides is 1. The van der Waals surface area contributed by atoms with E-state index in [1.165, 1.54) is 23.5 Å². The first kappa shape index (κ1) is 18.2. The van der Waals surface area contributed by atoms with Gasteiger partial charge in [-0.2, -0.15) is 0 Å². The average molecular weight is 366 g/mol. The van der Waals surface area contributed by atoms with Crippen LogP contribution in [-0.4, -0.2) is 31.7 Å². The summed E-state index contributed by atoms with van der Waals surface area (Å²) in [6, 6.07) is 6.20. The predicted molar refractivity (Wildman–Crippen MR) is 96.4 cm³/mol. The molecule has 1 amide bonds. The number of carbonyl (C=O) groups is 1. The maximum atomic E-state index is 12.5. The SMILES string of the molecule is O=C(O)N(c1ccc(S(=O)(=O)NC2CCCCC2)cc1)C1CCCC1.